The monoisotopic (exact) mass is 427 g/mol. The van der Waals surface area contributed by atoms with Crippen LogP contribution in [0, 0.1) is 5.92 Å². The van der Waals surface area contributed by atoms with Crippen LogP contribution in [-0.2, 0) is 10.2 Å². The summed E-state index contributed by atoms with van der Waals surface area (Å²) < 4.78 is 6.42. The zero-order chi connectivity index (χ0) is 22.6. The first-order chi connectivity index (χ1) is 14.5. The van der Waals surface area contributed by atoms with E-state index in [0.29, 0.717) is 6.42 Å². The molecule has 3 aliphatic rings. The molecule has 0 spiro atoms. The molecule has 1 aromatic carbocycles. The number of carbonyl (C=O) groups is 1. The number of amides is 1. The number of rotatable bonds is 2. The van der Waals surface area contributed by atoms with Gasteiger partial charge in [-0.3, -0.25) is 4.79 Å². The van der Waals surface area contributed by atoms with Crippen molar-refractivity contribution in [1.82, 2.24) is 5.32 Å². The maximum atomic E-state index is 13.0. The Morgan fingerprint density at radius 1 is 1.16 bits per heavy atom. The van der Waals surface area contributed by atoms with E-state index in [4.69, 9.17) is 4.74 Å². The van der Waals surface area contributed by atoms with E-state index in [2.05, 4.69) is 52.1 Å². The summed E-state index contributed by atoms with van der Waals surface area (Å²) >= 11 is 0. The third kappa shape index (κ3) is 4.34. The second-order valence-corrected chi connectivity index (χ2v) is 11.2. The van der Waals surface area contributed by atoms with Crippen molar-refractivity contribution in [3.8, 4) is 11.5 Å². The summed E-state index contributed by atoms with van der Waals surface area (Å²) in [5.41, 5.74) is 2.22. The van der Waals surface area contributed by atoms with Gasteiger partial charge >= 0.3 is 0 Å². The standard InChI is InChI=1S/C26H37NO4/c1-25(2,3)16-13-21(29)23-19-12-15(24(30)27-17-7-9-18(28)10-8-17)6-11-20(19)26(4,5)31-22(23)14-16/h6,13-14,17-20,28-29H,7-12H2,1-5H3,(H,27,30)/t17?,18?,19-,20-/m1/s1. The molecule has 1 aromatic rings. The van der Waals surface area contributed by atoms with Gasteiger partial charge in [0.1, 0.15) is 17.1 Å². The molecule has 3 N–H and O–H groups in total. The maximum absolute atomic E-state index is 13.0. The summed E-state index contributed by atoms with van der Waals surface area (Å²) in [4.78, 5) is 13.0. The molecule has 31 heavy (non-hydrogen) atoms. The van der Waals surface area contributed by atoms with Gasteiger partial charge in [0.25, 0.3) is 0 Å². The van der Waals surface area contributed by atoms with Crippen molar-refractivity contribution in [3.63, 3.8) is 0 Å². The highest BCUT2D eigenvalue weighted by Crippen LogP contribution is 2.54. The van der Waals surface area contributed by atoms with Gasteiger partial charge in [0.2, 0.25) is 5.91 Å². The largest absolute Gasteiger partial charge is 0.508 e. The normalized spacial score (nSPS) is 29.8. The number of hydrogen-bond acceptors (Lipinski definition) is 4. The number of allylic oxidation sites excluding steroid dienone is 1. The summed E-state index contributed by atoms with van der Waals surface area (Å²) in [5.74, 6) is 1.27. The summed E-state index contributed by atoms with van der Waals surface area (Å²) in [7, 11) is 0. The van der Waals surface area contributed by atoms with E-state index in [1.54, 1.807) is 0 Å². The van der Waals surface area contributed by atoms with E-state index >= 15 is 0 Å². The minimum atomic E-state index is -0.376. The van der Waals surface area contributed by atoms with Gasteiger partial charge < -0.3 is 20.3 Å². The highest BCUT2D eigenvalue weighted by Gasteiger charge is 2.47. The topological polar surface area (TPSA) is 78.8 Å². The number of phenolic OH excluding ortho intramolecular Hbond substituents is 1. The molecule has 1 aliphatic heterocycles. The van der Waals surface area contributed by atoms with Crippen molar-refractivity contribution in [2.45, 2.75) is 102 Å². The summed E-state index contributed by atoms with van der Waals surface area (Å²) in [6, 6.07) is 4.07. The van der Waals surface area contributed by atoms with Crippen LogP contribution in [0.2, 0.25) is 0 Å². The lowest BCUT2D eigenvalue weighted by molar-refractivity contribution is -0.119. The van der Waals surface area contributed by atoms with Crippen molar-refractivity contribution in [3.05, 3.63) is 34.9 Å². The molecule has 2 atom stereocenters. The maximum Gasteiger partial charge on any atom is 0.247 e. The van der Waals surface area contributed by atoms with Crippen LogP contribution in [0.25, 0.3) is 0 Å². The third-order valence-corrected chi connectivity index (χ3v) is 7.49. The molecule has 5 heteroatoms. The van der Waals surface area contributed by atoms with Crippen molar-refractivity contribution < 1.29 is 19.7 Å². The van der Waals surface area contributed by atoms with Crippen molar-refractivity contribution in [2.75, 3.05) is 0 Å². The van der Waals surface area contributed by atoms with Crippen LogP contribution in [0.3, 0.4) is 0 Å². The average molecular weight is 428 g/mol. The summed E-state index contributed by atoms with van der Waals surface area (Å²) in [5, 5.41) is 23.9. The average Bonchev–Trinajstić information content (AvgIpc) is 2.67. The Kier molecular flexibility index (Phi) is 5.61. The number of aromatic hydroxyl groups is 1. The molecule has 5 nitrogen and oxygen atoms in total. The zero-order valence-electron chi connectivity index (χ0n) is 19.5. The number of hydrogen-bond donors (Lipinski definition) is 3. The lowest BCUT2D eigenvalue weighted by Crippen LogP contribution is -2.47. The van der Waals surface area contributed by atoms with Crippen molar-refractivity contribution in [2.24, 2.45) is 5.92 Å². The molecule has 1 amide bonds. The first-order valence-corrected chi connectivity index (χ1v) is 11.7. The molecule has 1 heterocycles. The van der Waals surface area contributed by atoms with E-state index < -0.39 is 0 Å². The van der Waals surface area contributed by atoms with E-state index in [1.807, 2.05) is 6.07 Å². The van der Waals surface area contributed by atoms with E-state index in [-0.39, 0.29) is 46.7 Å². The van der Waals surface area contributed by atoms with Gasteiger partial charge in [-0.05, 0) is 75.5 Å². The van der Waals surface area contributed by atoms with Gasteiger partial charge in [-0.1, -0.05) is 26.8 Å². The van der Waals surface area contributed by atoms with Crippen LogP contribution in [0.5, 0.6) is 11.5 Å². The smallest absolute Gasteiger partial charge is 0.247 e. The van der Waals surface area contributed by atoms with Crippen molar-refractivity contribution in [1.29, 1.82) is 0 Å². The number of carbonyl (C=O) groups excluding carboxylic acids is 1. The van der Waals surface area contributed by atoms with E-state index in [9.17, 15) is 15.0 Å². The van der Waals surface area contributed by atoms with Gasteiger partial charge in [0, 0.05) is 29.0 Å². The second-order valence-electron chi connectivity index (χ2n) is 11.2. The third-order valence-electron chi connectivity index (χ3n) is 7.49. The van der Waals surface area contributed by atoms with Crippen LogP contribution in [0.15, 0.2) is 23.8 Å². The highest BCUT2D eigenvalue weighted by molar-refractivity contribution is 5.94. The number of ether oxygens (including phenoxy) is 1. The molecule has 2 aliphatic carbocycles. The molecule has 0 bridgehead atoms. The minimum absolute atomic E-state index is 0.00325. The lowest BCUT2D eigenvalue weighted by Gasteiger charge is -2.47. The molecule has 0 unspecified atom stereocenters. The number of aliphatic hydroxyl groups excluding tert-OH is 1. The van der Waals surface area contributed by atoms with Gasteiger partial charge in [-0.15, -0.1) is 0 Å². The predicted octanol–water partition coefficient (Wildman–Crippen LogP) is 4.70. The van der Waals surface area contributed by atoms with Crippen LogP contribution in [0.4, 0.5) is 0 Å². The number of benzene rings is 1. The van der Waals surface area contributed by atoms with Gasteiger partial charge in [-0.2, -0.15) is 0 Å². The fourth-order valence-corrected chi connectivity index (χ4v) is 5.51. The number of aliphatic hydroxyl groups is 1. The fourth-order valence-electron chi connectivity index (χ4n) is 5.51. The van der Waals surface area contributed by atoms with E-state index in [0.717, 1.165) is 54.6 Å². The van der Waals surface area contributed by atoms with E-state index in [1.165, 1.54) is 0 Å². The minimum Gasteiger partial charge on any atom is -0.508 e. The molecule has 0 radical (unpaired) electrons. The first kappa shape index (κ1) is 22.2. The van der Waals surface area contributed by atoms with Gasteiger partial charge in [-0.25, -0.2) is 0 Å². The second kappa shape index (κ2) is 7.84. The molecule has 0 saturated heterocycles. The quantitative estimate of drug-likeness (QED) is 0.639. The van der Waals surface area contributed by atoms with Crippen molar-refractivity contribution >= 4 is 5.91 Å². The molecule has 1 saturated carbocycles. The molecule has 4 rings (SSSR count). The molecule has 1 fully saturated rings. The number of phenols is 1. The summed E-state index contributed by atoms with van der Waals surface area (Å²) in [6.07, 6.45) is 6.33. The van der Waals surface area contributed by atoms with Crippen LogP contribution in [0.1, 0.15) is 90.2 Å². The Hall–Kier alpha value is -2.01. The SMILES string of the molecule is CC(C)(C)c1cc(O)c2c(c1)OC(C)(C)[C@@H]1CC=C(C(=O)NC3CCC(O)CC3)C[C@@H]21. The van der Waals surface area contributed by atoms with Crippen LogP contribution in [-0.4, -0.2) is 33.9 Å². The Balaban J connectivity index is 1.60. The fraction of sp³-hybridized carbons (Fsp3) is 0.654. The molecular formula is C26H37NO4. The summed E-state index contributed by atoms with van der Waals surface area (Å²) in [6.45, 7) is 10.6. The van der Waals surface area contributed by atoms with Gasteiger partial charge in [0.15, 0.2) is 0 Å². The van der Waals surface area contributed by atoms with Crippen LogP contribution >= 0.6 is 0 Å². The molecular weight excluding hydrogens is 390 g/mol. The predicted molar refractivity (Wildman–Crippen MR) is 121 cm³/mol. The number of nitrogens with one attached hydrogen (secondary N) is 1. The Morgan fingerprint density at radius 2 is 1.84 bits per heavy atom. The number of fused-ring (bicyclic) bond motifs is 3. The highest BCUT2D eigenvalue weighted by atomic mass is 16.5. The van der Waals surface area contributed by atoms with Gasteiger partial charge in [0.05, 0.1) is 6.10 Å². The zero-order valence-corrected chi connectivity index (χ0v) is 19.5. The first-order valence-electron chi connectivity index (χ1n) is 11.7. The van der Waals surface area contributed by atoms with Crippen LogP contribution < -0.4 is 10.1 Å². The molecule has 0 aromatic heterocycles. The Bertz CT molecular complexity index is 887. The lowest BCUT2D eigenvalue weighted by atomic mass is 9.66. The Labute approximate surface area is 185 Å². The Morgan fingerprint density at radius 3 is 2.48 bits per heavy atom. The molecule has 170 valence electrons.